The Balaban J connectivity index is 1.41. The summed E-state index contributed by atoms with van der Waals surface area (Å²) in [5, 5.41) is 2.10. The fourth-order valence-electron chi connectivity index (χ4n) is 3.25. The number of hydrogen-bond acceptors (Lipinski definition) is 4. The second kappa shape index (κ2) is 8.65. The molecule has 0 atom stereocenters. The van der Waals surface area contributed by atoms with Gasteiger partial charge in [0.2, 0.25) is 0 Å². The highest BCUT2D eigenvalue weighted by Gasteiger charge is 2.16. The lowest BCUT2D eigenvalue weighted by atomic mass is 9.90. The predicted octanol–water partition coefficient (Wildman–Crippen LogP) is 4.65. The number of benzene rings is 2. The zero-order valence-corrected chi connectivity index (χ0v) is 14.4. The maximum atomic E-state index is 11.9. The standard InChI is InChI=1S/C21H24O4/c22-20(24-15-16-6-2-1-3-7-16)12-13-21(23)25-19-11-10-17-8-4-5-9-18(17)14-19/h4-5,8-11,14,16H,1-3,6-7,12-13,15H2. The number of fused-ring (bicyclic) bond motifs is 1. The third-order valence-corrected chi connectivity index (χ3v) is 4.69. The highest BCUT2D eigenvalue weighted by molar-refractivity contribution is 5.85. The van der Waals surface area contributed by atoms with Gasteiger partial charge in [0.15, 0.2) is 0 Å². The summed E-state index contributed by atoms with van der Waals surface area (Å²) in [5.74, 6) is 0.257. The molecule has 1 aliphatic carbocycles. The molecule has 1 aliphatic rings. The van der Waals surface area contributed by atoms with Crippen molar-refractivity contribution in [3.8, 4) is 5.75 Å². The van der Waals surface area contributed by atoms with Gasteiger partial charge in [-0.3, -0.25) is 9.59 Å². The molecule has 0 saturated heterocycles. The van der Waals surface area contributed by atoms with Crippen LogP contribution in [0, 0.1) is 5.92 Å². The fourth-order valence-corrected chi connectivity index (χ4v) is 3.25. The Morgan fingerprint density at radius 3 is 2.40 bits per heavy atom. The minimum absolute atomic E-state index is 0.0380. The van der Waals surface area contributed by atoms with Crippen molar-refractivity contribution >= 4 is 22.7 Å². The molecule has 1 saturated carbocycles. The molecular formula is C21H24O4. The molecule has 2 aromatic rings. The lowest BCUT2D eigenvalue weighted by Crippen LogP contribution is -2.18. The third-order valence-electron chi connectivity index (χ3n) is 4.69. The Hall–Kier alpha value is -2.36. The van der Waals surface area contributed by atoms with Gasteiger partial charge in [-0.2, -0.15) is 0 Å². The lowest BCUT2D eigenvalue weighted by Gasteiger charge is -2.20. The van der Waals surface area contributed by atoms with E-state index in [1.807, 2.05) is 36.4 Å². The molecule has 4 nitrogen and oxygen atoms in total. The highest BCUT2D eigenvalue weighted by Crippen LogP contribution is 2.24. The van der Waals surface area contributed by atoms with E-state index < -0.39 is 5.97 Å². The largest absolute Gasteiger partial charge is 0.465 e. The van der Waals surface area contributed by atoms with Gasteiger partial charge in [0.1, 0.15) is 5.75 Å². The van der Waals surface area contributed by atoms with Crippen molar-refractivity contribution in [1.29, 1.82) is 0 Å². The molecule has 0 aliphatic heterocycles. The first-order chi connectivity index (χ1) is 12.2. The second-order valence-electron chi connectivity index (χ2n) is 6.67. The van der Waals surface area contributed by atoms with Crippen LogP contribution in [-0.2, 0) is 14.3 Å². The molecule has 0 amide bonds. The van der Waals surface area contributed by atoms with Crippen molar-refractivity contribution in [2.24, 2.45) is 5.92 Å². The van der Waals surface area contributed by atoms with E-state index in [2.05, 4.69) is 0 Å². The topological polar surface area (TPSA) is 52.6 Å². The van der Waals surface area contributed by atoms with E-state index in [1.54, 1.807) is 6.07 Å². The average molecular weight is 340 g/mol. The Labute approximate surface area is 148 Å². The van der Waals surface area contributed by atoms with E-state index in [0.29, 0.717) is 18.3 Å². The van der Waals surface area contributed by atoms with E-state index in [0.717, 1.165) is 23.6 Å². The SMILES string of the molecule is O=C(CCC(=O)Oc1ccc2ccccc2c1)OCC1CCCCC1. The van der Waals surface area contributed by atoms with E-state index in [1.165, 1.54) is 19.3 Å². The molecule has 0 radical (unpaired) electrons. The number of ether oxygens (including phenoxy) is 2. The molecule has 2 aromatic carbocycles. The first-order valence-corrected chi connectivity index (χ1v) is 9.06. The van der Waals surface area contributed by atoms with Gasteiger partial charge in [-0.1, -0.05) is 49.6 Å². The van der Waals surface area contributed by atoms with Crippen LogP contribution < -0.4 is 4.74 Å². The van der Waals surface area contributed by atoms with Crippen LogP contribution in [0.1, 0.15) is 44.9 Å². The molecule has 0 N–H and O–H groups in total. The molecule has 0 heterocycles. The molecule has 132 valence electrons. The number of carbonyl (C=O) groups excluding carboxylic acids is 2. The van der Waals surface area contributed by atoms with Crippen molar-refractivity contribution in [2.75, 3.05) is 6.61 Å². The molecule has 25 heavy (non-hydrogen) atoms. The summed E-state index contributed by atoms with van der Waals surface area (Å²) in [6, 6.07) is 13.4. The monoisotopic (exact) mass is 340 g/mol. The predicted molar refractivity (Wildman–Crippen MR) is 96.4 cm³/mol. The lowest BCUT2D eigenvalue weighted by molar-refractivity contribution is -0.148. The first-order valence-electron chi connectivity index (χ1n) is 9.06. The zero-order chi connectivity index (χ0) is 17.5. The molecule has 0 unspecified atom stereocenters. The highest BCUT2D eigenvalue weighted by atomic mass is 16.5. The van der Waals surface area contributed by atoms with Crippen LogP contribution in [0.5, 0.6) is 5.75 Å². The van der Waals surface area contributed by atoms with Crippen molar-refractivity contribution in [3.05, 3.63) is 42.5 Å². The van der Waals surface area contributed by atoms with Crippen molar-refractivity contribution in [2.45, 2.75) is 44.9 Å². The maximum absolute atomic E-state index is 11.9. The minimum atomic E-state index is -0.412. The van der Waals surface area contributed by atoms with E-state index in [4.69, 9.17) is 9.47 Å². The Morgan fingerprint density at radius 2 is 1.60 bits per heavy atom. The van der Waals surface area contributed by atoms with Gasteiger partial charge >= 0.3 is 11.9 Å². The Morgan fingerprint density at radius 1 is 0.880 bits per heavy atom. The van der Waals surface area contributed by atoms with Crippen LogP contribution in [0.3, 0.4) is 0 Å². The second-order valence-corrected chi connectivity index (χ2v) is 6.67. The van der Waals surface area contributed by atoms with Gasteiger partial charge in [-0.25, -0.2) is 0 Å². The van der Waals surface area contributed by atoms with Gasteiger partial charge in [-0.15, -0.1) is 0 Å². The van der Waals surface area contributed by atoms with Crippen LogP contribution in [0.15, 0.2) is 42.5 Å². The zero-order valence-electron chi connectivity index (χ0n) is 14.4. The number of rotatable bonds is 6. The first kappa shape index (κ1) is 17.5. The number of esters is 2. The molecule has 1 fully saturated rings. The van der Waals surface area contributed by atoms with Gasteiger partial charge in [-0.05, 0) is 41.7 Å². The van der Waals surface area contributed by atoms with Gasteiger partial charge < -0.3 is 9.47 Å². The Bertz CT molecular complexity index is 732. The number of hydrogen-bond donors (Lipinski definition) is 0. The molecule has 0 aromatic heterocycles. The summed E-state index contributed by atoms with van der Waals surface area (Å²) in [6.45, 7) is 0.485. The van der Waals surface area contributed by atoms with Crippen LogP contribution in [0.25, 0.3) is 10.8 Å². The summed E-state index contributed by atoms with van der Waals surface area (Å²) < 4.78 is 10.6. The van der Waals surface area contributed by atoms with Crippen LogP contribution in [0.2, 0.25) is 0 Å². The summed E-state index contributed by atoms with van der Waals surface area (Å²) in [6.07, 6.45) is 6.11. The van der Waals surface area contributed by atoms with Crippen LogP contribution in [0.4, 0.5) is 0 Å². The quantitative estimate of drug-likeness (QED) is 0.567. The summed E-state index contributed by atoms with van der Waals surface area (Å²) in [5.41, 5.74) is 0. The van der Waals surface area contributed by atoms with E-state index >= 15 is 0 Å². The van der Waals surface area contributed by atoms with Gasteiger partial charge in [0.25, 0.3) is 0 Å². The normalized spacial score (nSPS) is 15.0. The molecule has 3 rings (SSSR count). The van der Waals surface area contributed by atoms with Gasteiger partial charge in [0.05, 0.1) is 19.4 Å². The average Bonchev–Trinajstić information content (AvgIpc) is 2.65. The molecular weight excluding hydrogens is 316 g/mol. The van der Waals surface area contributed by atoms with Crippen LogP contribution >= 0.6 is 0 Å². The Kier molecular flexibility index (Phi) is 6.04. The fraction of sp³-hybridized carbons (Fsp3) is 0.429. The minimum Gasteiger partial charge on any atom is -0.465 e. The molecule has 0 bridgehead atoms. The summed E-state index contributed by atoms with van der Waals surface area (Å²) in [4.78, 5) is 23.7. The van der Waals surface area contributed by atoms with Gasteiger partial charge in [0, 0.05) is 0 Å². The van der Waals surface area contributed by atoms with E-state index in [-0.39, 0.29) is 18.8 Å². The van der Waals surface area contributed by atoms with Crippen molar-refractivity contribution in [1.82, 2.24) is 0 Å². The molecule has 0 spiro atoms. The molecule has 4 heteroatoms. The van der Waals surface area contributed by atoms with Crippen molar-refractivity contribution in [3.63, 3.8) is 0 Å². The summed E-state index contributed by atoms with van der Waals surface area (Å²) in [7, 11) is 0. The van der Waals surface area contributed by atoms with E-state index in [9.17, 15) is 9.59 Å². The van der Waals surface area contributed by atoms with Crippen molar-refractivity contribution < 1.29 is 19.1 Å². The summed E-state index contributed by atoms with van der Waals surface area (Å²) >= 11 is 0. The maximum Gasteiger partial charge on any atom is 0.311 e. The van der Waals surface area contributed by atoms with Crippen LogP contribution in [-0.4, -0.2) is 18.5 Å². The number of carbonyl (C=O) groups is 2. The third kappa shape index (κ3) is 5.31. The smallest absolute Gasteiger partial charge is 0.311 e.